The number of aliphatic imine (C=N–C) groups is 1. The lowest BCUT2D eigenvalue weighted by molar-refractivity contribution is 0.173. The Morgan fingerprint density at radius 3 is 2.65 bits per heavy atom. The van der Waals surface area contributed by atoms with Gasteiger partial charge in [0.25, 0.3) is 0 Å². The molecule has 0 aliphatic carbocycles. The summed E-state index contributed by atoms with van der Waals surface area (Å²) in [6, 6.07) is 8.36. The van der Waals surface area contributed by atoms with Gasteiger partial charge in [-0.05, 0) is 12.1 Å². The normalized spacial score (nSPS) is 22.8. The monoisotopic (exact) mass is 329 g/mol. The van der Waals surface area contributed by atoms with E-state index in [1.54, 1.807) is 0 Å². The third-order valence-corrected chi connectivity index (χ3v) is 5.83. The van der Waals surface area contributed by atoms with Crippen molar-refractivity contribution in [1.29, 1.82) is 0 Å². The van der Waals surface area contributed by atoms with E-state index in [9.17, 15) is 0 Å². The zero-order valence-corrected chi connectivity index (χ0v) is 14.6. The summed E-state index contributed by atoms with van der Waals surface area (Å²) in [6.07, 6.45) is 0. The molecule has 0 bridgehead atoms. The minimum absolute atomic E-state index is 0.642. The largest absolute Gasteiger partial charge is 0.349 e. The zero-order chi connectivity index (χ0) is 15.8. The number of hydrogen-bond acceptors (Lipinski definition) is 5. The fourth-order valence-corrected chi connectivity index (χ4v) is 4.26. The minimum Gasteiger partial charge on any atom is -0.349 e. The Labute approximate surface area is 141 Å². The van der Waals surface area contributed by atoms with Gasteiger partial charge in [-0.1, -0.05) is 30.8 Å². The van der Waals surface area contributed by atoms with Gasteiger partial charge in [-0.3, -0.25) is 9.89 Å². The Hall–Kier alpha value is -1.53. The van der Waals surface area contributed by atoms with Crippen LogP contribution in [0.4, 0.5) is 0 Å². The predicted octanol–water partition coefficient (Wildman–Crippen LogP) is 2.18. The van der Waals surface area contributed by atoms with Crippen LogP contribution in [0.2, 0.25) is 0 Å². The number of piperazine rings is 1. The molecule has 3 heterocycles. The number of aromatic nitrogens is 2. The van der Waals surface area contributed by atoms with Crippen molar-refractivity contribution in [2.75, 3.05) is 32.7 Å². The van der Waals surface area contributed by atoms with Gasteiger partial charge >= 0.3 is 0 Å². The van der Waals surface area contributed by atoms with E-state index in [1.165, 1.54) is 10.7 Å². The molecule has 2 aliphatic rings. The van der Waals surface area contributed by atoms with Crippen molar-refractivity contribution >= 4 is 28.0 Å². The number of hydrogen-bond donors (Lipinski definition) is 0. The summed E-state index contributed by atoms with van der Waals surface area (Å²) in [6.45, 7) is 8.46. The van der Waals surface area contributed by atoms with Crippen molar-refractivity contribution in [3.8, 4) is 0 Å². The topological polar surface area (TPSA) is 36.7 Å². The van der Waals surface area contributed by atoms with Crippen molar-refractivity contribution in [3.05, 3.63) is 30.1 Å². The van der Waals surface area contributed by atoms with Crippen LogP contribution in [-0.2, 0) is 13.6 Å². The molecule has 6 heteroatoms. The summed E-state index contributed by atoms with van der Waals surface area (Å²) in [4.78, 5) is 14.4. The van der Waals surface area contributed by atoms with Crippen LogP contribution in [0.15, 0.2) is 29.3 Å². The molecular formula is C17H23N5S. The maximum atomic E-state index is 4.79. The fourth-order valence-electron chi connectivity index (χ4n) is 3.27. The summed E-state index contributed by atoms with van der Waals surface area (Å²) in [5.41, 5.74) is 2.31. The fraction of sp³-hybridized carbons (Fsp3) is 0.529. The van der Waals surface area contributed by atoms with Gasteiger partial charge in [-0.2, -0.15) is 0 Å². The number of benzene rings is 1. The number of rotatable bonds is 2. The lowest BCUT2D eigenvalue weighted by atomic mass is 10.3. The summed E-state index contributed by atoms with van der Waals surface area (Å²) in [5, 5.41) is 1.89. The summed E-state index contributed by atoms with van der Waals surface area (Å²) < 4.78 is 2.22. The second kappa shape index (κ2) is 6.17. The zero-order valence-electron chi connectivity index (χ0n) is 13.8. The Kier molecular flexibility index (Phi) is 4.03. The first-order valence-electron chi connectivity index (χ1n) is 8.29. The Bertz CT molecular complexity index is 730. The van der Waals surface area contributed by atoms with Crippen molar-refractivity contribution < 1.29 is 0 Å². The number of fused-ring (bicyclic) bond motifs is 1. The van der Waals surface area contributed by atoms with Gasteiger partial charge in [0.1, 0.15) is 5.82 Å². The number of thioether (sulfide) groups is 1. The molecule has 1 aromatic heterocycles. The molecule has 0 amide bonds. The second-order valence-electron chi connectivity index (χ2n) is 6.39. The van der Waals surface area contributed by atoms with Gasteiger partial charge < -0.3 is 9.47 Å². The lowest BCUT2D eigenvalue weighted by Crippen LogP contribution is -2.47. The van der Waals surface area contributed by atoms with Crippen LogP contribution in [0.25, 0.3) is 11.0 Å². The van der Waals surface area contributed by atoms with Crippen LogP contribution in [0.1, 0.15) is 12.7 Å². The molecular weight excluding hydrogens is 306 g/mol. The molecule has 1 unspecified atom stereocenters. The van der Waals surface area contributed by atoms with Gasteiger partial charge in [0.2, 0.25) is 0 Å². The van der Waals surface area contributed by atoms with E-state index in [2.05, 4.69) is 57.6 Å². The first-order valence-corrected chi connectivity index (χ1v) is 9.17. The second-order valence-corrected chi connectivity index (χ2v) is 7.80. The third-order valence-electron chi connectivity index (χ3n) is 4.68. The smallest absolute Gasteiger partial charge is 0.159 e. The van der Waals surface area contributed by atoms with E-state index in [0.29, 0.717) is 5.25 Å². The standard InChI is InChI=1S/C17H23N5S/c1-13-11-18-17(23-13)22-9-7-21(8-10-22)12-16-19-14-5-3-4-6-15(14)20(16)2/h3-6,13H,7-12H2,1-2H3. The predicted molar refractivity (Wildman–Crippen MR) is 96.9 cm³/mol. The molecule has 0 spiro atoms. The summed E-state index contributed by atoms with van der Waals surface area (Å²) in [7, 11) is 2.12. The average Bonchev–Trinajstić information content (AvgIpc) is 3.13. The van der Waals surface area contributed by atoms with Crippen molar-refractivity contribution in [2.45, 2.75) is 18.7 Å². The minimum atomic E-state index is 0.642. The molecule has 122 valence electrons. The van der Waals surface area contributed by atoms with Crippen LogP contribution >= 0.6 is 11.8 Å². The quantitative estimate of drug-likeness (QED) is 0.846. The van der Waals surface area contributed by atoms with Gasteiger partial charge in [0, 0.05) is 38.5 Å². The van der Waals surface area contributed by atoms with E-state index < -0.39 is 0 Å². The molecule has 1 aromatic carbocycles. The van der Waals surface area contributed by atoms with Crippen LogP contribution in [0.5, 0.6) is 0 Å². The summed E-state index contributed by atoms with van der Waals surface area (Å²) >= 11 is 1.92. The van der Waals surface area contributed by atoms with Gasteiger partial charge in [0.05, 0.1) is 24.1 Å². The molecule has 2 aliphatic heterocycles. The van der Waals surface area contributed by atoms with Crippen LogP contribution in [0, 0.1) is 0 Å². The SMILES string of the molecule is CC1CN=C(N2CCN(Cc3nc4ccccc4n3C)CC2)S1. The van der Waals surface area contributed by atoms with Gasteiger partial charge in [-0.25, -0.2) is 4.98 Å². The van der Waals surface area contributed by atoms with Gasteiger partial charge in [0.15, 0.2) is 5.17 Å². The highest BCUT2D eigenvalue weighted by Crippen LogP contribution is 2.24. The molecule has 0 radical (unpaired) electrons. The van der Waals surface area contributed by atoms with E-state index in [1.807, 2.05) is 11.8 Å². The number of aryl methyl sites for hydroxylation is 1. The van der Waals surface area contributed by atoms with Crippen molar-refractivity contribution in [3.63, 3.8) is 0 Å². The van der Waals surface area contributed by atoms with E-state index in [4.69, 9.17) is 4.98 Å². The molecule has 5 nitrogen and oxygen atoms in total. The molecule has 23 heavy (non-hydrogen) atoms. The molecule has 0 N–H and O–H groups in total. The lowest BCUT2D eigenvalue weighted by Gasteiger charge is -2.35. The Morgan fingerprint density at radius 1 is 1.17 bits per heavy atom. The highest BCUT2D eigenvalue weighted by atomic mass is 32.2. The summed E-state index contributed by atoms with van der Waals surface area (Å²) in [5.74, 6) is 1.15. The Morgan fingerprint density at radius 2 is 1.96 bits per heavy atom. The van der Waals surface area contributed by atoms with Crippen LogP contribution in [-0.4, -0.2) is 62.5 Å². The number of para-hydroxylation sites is 2. The molecule has 1 atom stereocenters. The van der Waals surface area contributed by atoms with Gasteiger partial charge in [-0.15, -0.1) is 0 Å². The van der Waals surface area contributed by atoms with Crippen LogP contribution < -0.4 is 0 Å². The number of amidine groups is 1. The molecule has 1 fully saturated rings. The number of nitrogens with zero attached hydrogens (tertiary/aromatic N) is 5. The first-order chi connectivity index (χ1) is 11.2. The molecule has 1 saturated heterocycles. The van der Waals surface area contributed by atoms with Crippen molar-refractivity contribution in [1.82, 2.24) is 19.4 Å². The first kappa shape index (κ1) is 15.0. The maximum absolute atomic E-state index is 4.79. The van der Waals surface area contributed by atoms with E-state index in [-0.39, 0.29) is 0 Å². The molecule has 0 saturated carbocycles. The van der Waals surface area contributed by atoms with Crippen LogP contribution in [0.3, 0.4) is 0 Å². The Balaban J connectivity index is 1.40. The highest BCUT2D eigenvalue weighted by molar-refractivity contribution is 8.14. The maximum Gasteiger partial charge on any atom is 0.159 e. The highest BCUT2D eigenvalue weighted by Gasteiger charge is 2.25. The number of imidazole rings is 1. The molecule has 2 aromatic rings. The van der Waals surface area contributed by atoms with E-state index >= 15 is 0 Å². The third kappa shape index (κ3) is 2.97. The van der Waals surface area contributed by atoms with Crippen molar-refractivity contribution in [2.24, 2.45) is 12.0 Å². The average molecular weight is 329 g/mol. The molecule has 4 rings (SSSR count). The van der Waals surface area contributed by atoms with E-state index in [0.717, 1.165) is 50.6 Å².